The van der Waals surface area contributed by atoms with Crippen molar-refractivity contribution >= 4 is 46.4 Å². The summed E-state index contributed by atoms with van der Waals surface area (Å²) in [5, 5.41) is 10.1. The van der Waals surface area contributed by atoms with Crippen LogP contribution in [0.25, 0.3) is 11.5 Å². The molecule has 10 nitrogen and oxygen atoms in total. The lowest BCUT2D eigenvalue weighted by Crippen LogP contribution is -2.29. The van der Waals surface area contributed by atoms with Crippen molar-refractivity contribution in [3.63, 3.8) is 0 Å². The van der Waals surface area contributed by atoms with Gasteiger partial charge in [0.15, 0.2) is 6.61 Å². The third-order valence-electron chi connectivity index (χ3n) is 5.14. The maximum atomic E-state index is 13.0. The van der Waals surface area contributed by atoms with Crippen molar-refractivity contribution in [1.29, 1.82) is 0 Å². The van der Waals surface area contributed by atoms with Crippen molar-refractivity contribution in [3.8, 4) is 11.5 Å². The lowest BCUT2D eigenvalue weighted by atomic mass is 10.1. The predicted molar refractivity (Wildman–Crippen MR) is 125 cm³/mol. The average Bonchev–Trinajstić information content (AvgIpc) is 3.59. The molecular formula is C24H16N4O6S. The summed E-state index contributed by atoms with van der Waals surface area (Å²) in [7, 11) is 0. The van der Waals surface area contributed by atoms with Crippen LogP contribution >= 0.6 is 11.3 Å². The molecule has 0 unspecified atom stereocenters. The molecule has 11 heteroatoms. The maximum Gasteiger partial charge on any atom is 0.338 e. The second-order valence-electron chi connectivity index (χ2n) is 7.54. The minimum Gasteiger partial charge on any atom is -0.454 e. The molecule has 0 fully saturated rings. The number of rotatable bonds is 6. The summed E-state index contributed by atoms with van der Waals surface area (Å²) in [5.41, 5.74) is 2.02. The Labute approximate surface area is 202 Å². The maximum absolute atomic E-state index is 13.0. The number of aromatic nitrogens is 2. The Kier molecular flexibility index (Phi) is 5.67. The largest absolute Gasteiger partial charge is 0.454 e. The molecular weight excluding hydrogens is 472 g/mol. The van der Waals surface area contributed by atoms with E-state index in [1.807, 2.05) is 16.8 Å². The molecule has 0 bridgehead atoms. The van der Waals surface area contributed by atoms with Crippen molar-refractivity contribution in [1.82, 2.24) is 10.1 Å². The van der Waals surface area contributed by atoms with Crippen LogP contribution in [0, 0.1) is 0 Å². The number of imide groups is 1. The number of thiophene rings is 1. The van der Waals surface area contributed by atoms with Crippen LogP contribution in [0.2, 0.25) is 0 Å². The van der Waals surface area contributed by atoms with Crippen LogP contribution in [0.1, 0.15) is 43.8 Å². The number of amides is 3. The van der Waals surface area contributed by atoms with Crippen LogP contribution in [0.15, 0.2) is 63.8 Å². The number of nitrogens with zero attached hydrogens (tertiary/aromatic N) is 3. The normalized spacial score (nSPS) is 12.5. The molecule has 2 aromatic heterocycles. The Bertz CT molecular complexity index is 1460. The molecule has 3 heterocycles. The minimum absolute atomic E-state index is 0.0923. The van der Waals surface area contributed by atoms with E-state index in [9.17, 15) is 19.2 Å². The highest BCUT2D eigenvalue weighted by Crippen LogP contribution is 2.30. The molecule has 1 aliphatic heterocycles. The van der Waals surface area contributed by atoms with Crippen LogP contribution in [0.4, 0.5) is 11.4 Å². The van der Waals surface area contributed by atoms with Gasteiger partial charge >= 0.3 is 5.97 Å². The van der Waals surface area contributed by atoms with E-state index in [2.05, 4.69) is 15.5 Å². The van der Waals surface area contributed by atoms with Gasteiger partial charge in [0.1, 0.15) is 0 Å². The van der Waals surface area contributed by atoms with Gasteiger partial charge in [-0.15, -0.1) is 0 Å². The second-order valence-corrected chi connectivity index (χ2v) is 8.32. The summed E-state index contributed by atoms with van der Waals surface area (Å²) < 4.78 is 10.4. The fourth-order valence-corrected chi connectivity index (χ4v) is 4.16. The van der Waals surface area contributed by atoms with E-state index >= 15 is 0 Å². The number of esters is 1. The number of nitrogens with one attached hydrogen (secondary N) is 1. The predicted octanol–water partition coefficient (Wildman–Crippen LogP) is 3.91. The van der Waals surface area contributed by atoms with Gasteiger partial charge in [-0.25, -0.2) is 9.69 Å². The SMILES string of the molecule is CC(=O)Nc1ccc(N2C(=O)c3ccc(C(=O)OCc4noc(-c5ccsc5)n4)cc3C2=O)cc1. The zero-order valence-electron chi connectivity index (χ0n) is 18.2. The Hall–Kier alpha value is -4.64. The van der Waals surface area contributed by atoms with Crippen LogP contribution in [0.5, 0.6) is 0 Å². The fraction of sp³-hybridized carbons (Fsp3) is 0.0833. The first-order chi connectivity index (χ1) is 16.9. The molecule has 0 spiro atoms. The number of benzene rings is 2. The summed E-state index contributed by atoms with van der Waals surface area (Å²) in [6.45, 7) is 1.16. The van der Waals surface area contributed by atoms with E-state index in [4.69, 9.17) is 9.26 Å². The molecule has 0 atom stereocenters. The first-order valence-corrected chi connectivity index (χ1v) is 11.3. The van der Waals surface area contributed by atoms with E-state index in [1.54, 1.807) is 24.3 Å². The number of carbonyl (C=O) groups is 4. The van der Waals surface area contributed by atoms with E-state index in [-0.39, 0.29) is 35.0 Å². The molecule has 35 heavy (non-hydrogen) atoms. The summed E-state index contributed by atoms with van der Waals surface area (Å²) in [4.78, 5) is 54.8. The number of fused-ring (bicyclic) bond motifs is 1. The van der Waals surface area contributed by atoms with Gasteiger partial charge in [-0.2, -0.15) is 16.3 Å². The quantitative estimate of drug-likeness (QED) is 0.319. The third-order valence-corrected chi connectivity index (χ3v) is 5.82. The van der Waals surface area contributed by atoms with Crippen LogP contribution in [-0.4, -0.2) is 33.8 Å². The molecule has 174 valence electrons. The smallest absolute Gasteiger partial charge is 0.338 e. The van der Waals surface area contributed by atoms with Crippen LogP contribution in [-0.2, 0) is 16.1 Å². The van der Waals surface area contributed by atoms with Crippen molar-refractivity contribution in [2.24, 2.45) is 0 Å². The lowest BCUT2D eigenvalue weighted by molar-refractivity contribution is -0.114. The molecule has 4 aromatic rings. The number of ether oxygens (including phenoxy) is 1. The summed E-state index contributed by atoms with van der Waals surface area (Å²) in [5.74, 6) is -1.49. The molecule has 5 rings (SSSR count). The Balaban J connectivity index is 1.29. The standard InChI is InChI=1S/C24H16N4O6S/c1-13(29)25-16-3-5-17(6-4-16)28-22(30)18-7-2-14(10-19(18)23(28)31)24(32)33-11-20-26-21(34-27-20)15-8-9-35-12-15/h2-10,12H,11H2,1H3,(H,25,29). The molecule has 0 aliphatic carbocycles. The van der Waals surface area contributed by atoms with Crippen molar-refractivity contribution in [2.75, 3.05) is 10.2 Å². The minimum atomic E-state index is -0.701. The fourth-order valence-electron chi connectivity index (χ4n) is 3.53. The Morgan fingerprint density at radius 2 is 1.83 bits per heavy atom. The van der Waals surface area contributed by atoms with Crippen molar-refractivity contribution < 1.29 is 28.4 Å². The monoisotopic (exact) mass is 488 g/mol. The van der Waals surface area contributed by atoms with E-state index < -0.39 is 17.8 Å². The summed E-state index contributed by atoms with van der Waals surface area (Å²) >= 11 is 1.49. The molecule has 3 amide bonds. The Morgan fingerprint density at radius 1 is 1.06 bits per heavy atom. The van der Waals surface area contributed by atoms with Crippen molar-refractivity contribution in [2.45, 2.75) is 13.5 Å². The first kappa shape index (κ1) is 22.2. The van der Waals surface area contributed by atoms with Crippen LogP contribution in [0.3, 0.4) is 0 Å². The van der Waals surface area contributed by atoms with Gasteiger partial charge in [-0.3, -0.25) is 14.4 Å². The van der Waals surface area contributed by atoms with Gasteiger partial charge in [0, 0.05) is 18.0 Å². The first-order valence-electron chi connectivity index (χ1n) is 10.3. The Morgan fingerprint density at radius 3 is 2.54 bits per heavy atom. The van der Waals surface area contributed by atoms with Crippen LogP contribution < -0.4 is 10.2 Å². The van der Waals surface area contributed by atoms with E-state index in [1.165, 1.54) is 36.5 Å². The zero-order valence-corrected chi connectivity index (χ0v) is 19.0. The highest BCUT2D eigenvalue weighted by atomic mass is 32.1. The van der Waals surface area contributed by atoms with E-state index in [0.29, 0.717) is 17.3 Å². The molecule has 0 radical (unpaired) electrons. The molecule has 0 saturated carbocycles. The van der Waals surface area contributed by atoms with Gasteiger partial charge in [-0.05, 0) is 53.9 Å². The summed E-state index contributed by atoms with van der Waals surface area (Å²) in [6.07, 6.45) is 0. The summed E-state index contributed by atoms with van der Waals surface area (Å²) in [6, 6.07) is 12.3. The van der Waals surface area contributed by atoms with Gasteiger partial charge < -0.3 is 14.6 Å². The van der Waals surface area contributed by atoms with E-state index in [0.717, 1.165) is 10.5 Å². The molecule has 1 N–H and O–H groups in total. The number of anilines is 2. The number of carbonyl (C=O) groups excluding carboxylic acids is 4. The van der Waals surface area contributed by atoms with Gasteiger partial charge in [0.2, 0.25) is 11.7 Å². The number of hydrogen-bond acceptors (Lipinski definition) is 9. The van der Waals surface area contributed by atoms with Crippen molar-refractivity contribution in [3.05, 3.63) is 81.8 Å². The average molecular weight is 488 g/mol. The topological polar surface area (TPSA) is 132 Å². The molecule has 1 aliphatic rings. The second kappa shape index (κ2) is 8.95. The van der Waals surface area contributed by atoms with Gasteiger partial charge in [0.25, 0.3) is 17.7 Å². The highest BCUT2D eigenvalue weighted by Gasteiger charge is 2.37. The lowest BCUT2D eigenvalue weighted by Gasteiger charge is -2.14. The van der Waals surface area contributed by atoms with Gasteiger partial charge in [0.05, 0.1) is 27.9 Å². The number of hydrogen-bond donors (Lipinski definition) is 1. The zero-order chi connectivity index (χ0) is 24.5. The molecule has 2 aromatic carbocycles. The highest BCUT2D eigenvalue weighted by molar-refractivity contribution is 7.08. The molecule has 0 saturated heterocycles. The van der Waals surface area contributed by atoms with Gasteiger partial charge in [-0.1, -0.05) is 5.16 Å². The third kappa shape index (κ3) is 4.32.